The first-order valence-electron chi connectivity index (χ1n) is 8.30. The standard InChI is InChI=1S/C18H20N4O4S/c1-4-7-19-17(23)18(24)20-16-13-9-27(25,26)10-14(13)21-22(16)15-6-5-11(2)8-12(15)3/h4-6,8H,1,7,9-10H2,2-3H3,(H,19,23)(H,20,24). The number of amides is 2. The van der Waals surface area contributed by atoms with Crippen LogP contribution < -0.4 is 10.6 Å². The Balaban J connectivity index is 2.04. The molecule has 0 saturated heterocycles. The van der Waals surface area contributed by atoms with E-state index in [-0.39, 0.29) is 23.9 Å². The molecule has 0 atom stereocenters. The molecule has 0 aliphatic carbocycles. The molecule has 142 valence electrons. The van der Waals surface area contributed by atoms with Crippen LogP contribution in [0.15, 0.2) is 30.9 Å². The second-order valence-electron chi connectivity index (χ2n) is 6.46. The largest absolute Gasteiger partial charge is 0.344 e. The van der Waals surface area contributed by atoms with Gasteiger partial charge in [-0.2, -0.15) is 5.10 Å². The Bertz CT molecular complexity index is 1050. The van der Waals surface area contributed by atoms with Gasteiger partial charge in [0, 0.05) is 12.1 Å². The van der Waals surface area contributed by atoms with Crippen LogP contribution in [0.3, 0.4) is 0 Å². The molecule has 9 heteroatoms. The van der Waals surface area contributed by atoms with Gasteiger partial charge in [0.1, 0.15) is 5.82 Å². The Morgan fingerprint density at radius 3 is 2.67 bits per heavy atom. The van der Waals surface area contributed by atoms with Gasteiger partial charge in [-0.15, -0.1) is 6.58 Å². The summed E-state index contributed by atoms with van der Waals surface area (Å²) in [6, 6.07) is 5.70. The maximum absolute atomic E-state index is 12.3. The number of carbonyl (C=O) groups is 2. The van der Waals surface area contributed by atoms with Gasteiger partial charge in [-0.05, 0) is 25.5 Å². The van der Waals surface area contributed by atoms with Crippen molar-refractivity contribution in [3.63, 3.8) is 0 Å². The van der Waals surface area contributed by atoms with E-state index in [1.165, 1.54) is 10.8 Å². The number of benzene rings is 1. The highest BCUT2D eigenvalue weighted by Gasteiger charge is 2.34. The lowest BCUT2D eigenvalue weighted by atomic mass is 10.1. The number of carbonyl (C=O) groups excluding carboxylic acids is 2. The van der Waals surface area contributed by atoms with Gasteiger partial charge in [0.05, 0.1) is 22.9 Å². The average molecular weight is 388 g/mol. The van der Waals surface area contributed by atoms with E-state index in [0.717, 1.165) is 11.1 Å². The monoisotopic (exact) mass is 388 g/mol. The zero-order valence-electron chi connectivity index (χ0n) is 15.1. The zero-order valence-corrected chi connectivity index (χ0v) is 15.9. The van der Waals surface area contributed by atoms with Gasteiger partial charge in [-0.25, -0.2) is 13.1 Å². The number of fused-ring (bicyclic) bond motifs is 1. The van der Waals surface area contributed by atoms with Crippen molar-refractivity contribution < 1.29 is 18.0 Å². The Morgan fingerprint density at radius 1 is 1.26 bits per heavy atom. The summed E-state index contributed by atoms with van der Waals surface area (Å²) in [6.45, 7) is 7.48. The lowest BCUT2D eigenvalue weighted by Crippen LogP contribution is -2.36. The summed E-state index contributed by atoms with van der Waals surface area (Å²) in [4.78, 5) is 24.1. The molecule has 2 heterocycles. The highest BCUT2D eigenvalue weighted by molar-refractivity contribution is 7.90. The van der Waals surface area contributed by atoms with Crippen LogP contribution in [0.2, 0.25) is 0 Å². The molecule has 8 nitrogen and oxygen atoms in total. The fourth-order valence-electron chi connectivity index (χ4n) is 3.00. The molecule has 0 spiro atoms. The van der Waals surface area contributed by atoms with Crippen LogP contribution in [0.5, 0.6) is 0 Å². The van der Waals surface area contributed by atoms with Crippen LogP contribution in [0, 0.1) is 13.8 Å². The van der Waals surface area contributed by atoms with Gasteiger partial charge in [0.2, 0.25) is 0 Å². The normalized spacial score (nSPS) is 14.4. The topological polar surface area (TPSA) is 110 Å². The Morgan fingerprint density at radius 2 is 2.00 bits per heavy atom. The van der Waals surface area contributed by atoms with Crippen LogP contribution >= 0.6 is 0 Å². The molecule has 0 radical (unpaired) electrons. The number of anilines is 1. The van der Waals surface area contributed by atoms with Crippen molar-refractivity contribution >= 4 is 27.5 Å². The summed E-state index contributed by atoms with van der Waals surface area (Å²) < 4.78 is 25.4. The Labute approximate surface area is 157 Å². The molecule has 0 unspecified atom stereocenters. The van der Waals surface area contributed by atoms with Gasteiger partial charge in [-0.1, -0.05) is 23.8 Å². The molecule has 3 rings (SSSR count). The maximum Gasteiger partial charge on any atom is 0.314 e. The summed E-state index contributed by atoms with van der Waals surface area (Å²) >= 11 is 0. The van der Waals surface area contributed by atoms with E-state index in [4.69, 9.17) is 0 Å². The predicted molar refractivity (Wildman–Crippen MR) is 101 cm³/mol. The third-order valence-electron chi connectivity index (χ3n) is 4.21. The number of rotatable bonds is 4. The molecule has 1 aliphatic rings. The van der Waals surface area contributed by atoms with Crippen LogP contribution in [0.1, 0.15) is 22.4 Å². The van der Waals surface area contributed by atoms with Crippen LogP contribution in [0.25, 0.3) is 5.69 Å². The number of hydrogen-bond acceptors (Lipinski definition) is 5. The molecule has 27 heavy (non-hydrogen) atoms. The lowest BCUT2D eigenvalue weighted by molar-refractivity contribution is -0.136. The minimum Gasteiger partial charge on any atom is -0.344 e. The second-order valence-corrected chi connectivity index (χ2v) is 8.53. The molecule has 1 aromatic carbocycles. The summed E-state index contributed by atoms with van der Waals surface area (Å²) in [7, 11) is -3.31. The van der Waals surface area contributed by atoms with Crippen LogP contribution in [-0.2, 0) is 30.9 Å². The minimum absolute atomic E-state index is 0.148. The van der Waals surface area contributed by atoms with E-state index < -0.39 is 21.7 Å². The third-order valence-corrected chi connectivity index (χ3v) is 5.65. The highest BCUT2D eigenvalue weighted by atomic mass is 32.2. The van der Waals surface area contributed by atoms with Crippen molar-refractivity contribution in [2.24, 2.45) is 0 Å². The second kappa shape index (κ2) is 6.99. The fraction of sp³-hybridized carbons (Fsp3) is 0.278. The summed E-state index contributed by atoms with van der Waals surface area (Å²) in [5.74, 6) is -1.94. The summed E-state index contributed by atoms with van der Waals surface area (Å²) in [6.07, 6.45) is 1.45. The van der Waals surface area contributed by atoms with Gasteiger partial charge >= 0.3 is 11.8 Å². The van der Waals surface area contributed by atoms with Crippen molar-refractivity contribution in [2.75, 3.05) is 11.9 Å². The quantitative estimate of drug-likeness (QED) is 0.603. The highest BCUT2D eigenvalue weighted by Crippen LogP contribution is 2.33. The molecule has 0 fully saturated rings. The van der Waals surface area contributed by atoms with Gasteiger partial charge in [0.15, 0.2) is 9.84 Å². The summed E-state index contributed by atoms with van der Waals surface area (Å²) in [5.41, 5.74) is 3.48. The number of aryl methyl sites for hydroxylation is 2. The van der Waals surface area contributed by atoms with Crippen LogP contribution in [0.4, 0.5) is 5.82 Å². The molecule has 1 aromatic heterocycles. The van der Waals surface area contributed by atoms with E-state index in [1.807, 2.05) is 32.0 Å². The van der Waals surface area contributed by atoms with Crippen molar-refractivity contribution in [2.45, 2.75) is 25.4 Å². The number of hydrogen-bond donors (Lipinski definition) is 2. The van der Waals surface area contributed by atoms with Crippen molar-refractivity contribution in [1.29, 1.82) is 0 Å². The molecule has 0 bridgehead atoms. The van der Waals surface area contributed by atoms with Crippen molar-refractivity contribution in [1.82, 2.24) is 15.1 Å². The molecular weight excluding hydrogens is 368 g/mol. The lowest BCUT2D eigenvalue weighted by Gasteiger charge is -2.13. The first-order valence-corrected chi connectivity index (χ1v) is 10.1. The number of aromatic nitrogens is 2. The van der Waals surface area contributed by atoms with Gasteiger partial charge < -0.3 is 10.6 Å². The smallest absolute Gasteiger partial charge is 0.314 e. The van der Waals surface area contributed by atoms with E-state index >= 15 is 0 Å². The first-order chi connectivity index (χ1) is 12.7. The first kappa shape index (κ1) is 18.8. The van der Waals surface area contributed by atoms with E-state index in [1.54, 1.807) is 0 Å². The van der Waals surface area contributed by atoms with Gasteiger partial charge in [-0.3, -0.25) is 9.59 Å². The maximum atomic E-state index is 12.3. The predicted octanol–water partition coefficient (Wildman–Crippen LogP) is 1.16. The number of sulfone groups is 1. The fourth-order valence-corrected chi connectivity index (χ4v) is 4.49. The Kier molecular flexibility index (Phi) is 4.88. The zero-order chi connectivity index (χ0) is 19.8. The number of nitrogens with zero attached hydrogens (tertiary/aromatic N) is 2. The minimum atomic E-state index is -3.31. The molecular formula is C18H20N4O4S. The van der Waals surface area contributed by atoms with Crippen molar-refractivity contribution in [3.05, 3.63) is 53.2 Å². The van der Waals surface area contributed by atoms with Crippen molar-refractivity contribution in [3.8, 4) is 5.69 Å². The molecule has 2 aromatic rings. The molecule has 1 aliphatic heterocycles. The SMILES string of the molecule is C=CCNC(=O)C(=O)Nc1c2c(nn1-c1ccc(C)cc1C)CS(=O)(=O)C2. The average Bonchev–Trinajstić information content (AvgIpc) is 3.05. The third kappa shape index (κ3) is 3.77. The summed E-state index contributed by atoms with van der Waals surface area (Å²) in [5, 5.41) is 9.31. The molecule has 2 amide bonds. The van der Waals surface area contributed by atoms with E-state index in [9.17, 15) is 18.0 Å². The van der Waals surface area contributed by atoms with Crippen LogP contribution in [-0.4, -0.2) is 36.6 Å². The Hall–Kier alpha value is -2.94. The number of nitrogens with one attached hydrogen (secondary N) is 2. The van der Waals surface area contributed by atoms with Gasteiger partial charge in [0.25, 0.3) is 0 Å². The molecule has 2 N–H and O–H groups in total. The van der Waals surface area contributed by atoms with E-state index in [0.29, 0.717) is 16.9 Å². The van der Waals surface area contributed by atoms with E-state index in [2.05, 4.69) is 22.3 Å². The molecule has 0 saturated carbocycles.